The van der Waals surface area contributed by atoms with Crippen LogP contribution in [0.25, 0.3) is 0 Å². The molecule has 1 aliphatic carbocycles. The van der Waals surface area contributed by atoms with Crippen molar-refractivity contribution in [3.8, 4) is 0 Å². The van der Waals surface area contributed by atoms with Crippen molar-refractivity contribution in [2.75, 3.05) is 19.7 Å². The molecule has 1 heterocycles. The molecule has 0 aromatic carbocycles. The Hall–Kier alpha value is -0.0800. The fraction of sp³-hybridized carbons (Fsp3) is 1.00. The van der Waals surface area contributed by atoms with E-state index in [1.54, 1.807) is 0 Å². The summed E-state index contributed by atoms with van der Waals surface area (Å²) in [5.41, 5.74) is 0. The molecule has 2 nitrogen and oxygen atoms in total. The number of hydrogen-bond acceptors (Lipinski definition) is 2. The Kier molecular flexibility index (Phi) is 4.04. The summed E-state index contributed by atoms with van der Waals surface area (Å²) in [4.78, 5) is 2.61. The van der Waals surface area contributed by atoms with Crippen LogP contribution in [0.15, 0.2) is 0 Å². The van der Waals surface area contributed by atoms with Crippen LogP contribution < -0.4 is 0 Å². The van der Waals surface area contributed by atoms with E-state index in [0.717, 1.165) is 18.5 Å². The molecule has 1 aliphatic heterocycles. The topological polar surface area (TPSA) is 23.5 Å². The molecule has 0 aromatic heterocycles. The third kappa shape index (κ3) is 2.73. The third-order valence-electron chi connectivity index (χ3n) is 4.48. The standard InChI is InChI=1S/C13H25NO/c1-11(13-5-3-2-4-6-13)14-8-7-12(9-14)10-15/h11-13,15H,2-10H2,1H3. The fourth-order valence-corrected chi connectivity index (χ4v) is 3.30. The highest BCUT2D eigenvalue weighted by Crippen LogP contribution is 2.31. The minimum atomic E-state index is 0.383. The molecule has 0 radical (unpaired) electrons. The van der Waals surface area contributed by atoms with Crippen LogP contribution in [-0.2, 0) is 0 Å². The Morgan fingerprint density at radius 3 is 2.53 bits per heavy atom. The zero-order valence-corrected chi connectivity index (χ0v) is 9.99. The van der Waals surface area contributed by atoms with Gasteiger partial charge in [-0.05, 0) is 44.6 Å². The molecular weight excluding hydrogens is 186 g/mol. The molecule has 2 rings (SSSR count). The van der Waals surface area contributed by atoms with Crippen molar-refractivity contribution in [3.05, 3.63) is 0 Å². The molecule has 2 unspecified atom stereocenters. The lowest BCUT2D eigenvalue weighted by Crippen LogP contribution is -2.38. The average molecular weight is 211 g/mol. The quantitative estimate of drug-likeness (QED) is 0.774. The van der Waals surface area contributed by atoms with Gasteiger partial charge in [-0.15, -0.1) is 0 Å². The molecule has 2 atom stereocenters. The lowest BCUT2D eigenvalue weighted by atomic mass is 9.84. The minimum Gasteiger partial charge on any atom is -0.396 e. The summed E-state index contributed by atoms with van der Waals surface area (Å²) in [7, 11) is 0. The van der Waals surface area contributed by atoms with Gasteiger partial charge in [0.1, 0.15) is 0 Å². The molecule has 88 valence electrons. The second kappa shape index (κ2) is 5.31. The Morgan fingerprint density at radius 1 is 1.20 bits per heavy atom. The first-order chi connectivity index (χ1) is 7.31. The van der Waals surface area contributed by atoms with Crippen molar-refractivity contribution >= 4 is 0 Å². The van der Waals surface area contributed by atoms with E-state index in [2.05, 4.69) is 11.8 Å². The van der Waals surface area contributed by atoms with Gasteiger partial charge in [-0.3, -0.25) is 0 Å². The van der Waals surface area contributed by atoms with E-state index in [0.29, 0.717) is 12.5 Å². The maximum atomic E-state index is 9.15. The van der Waals surface area contributed by atoms with Crippen molar-refractivity contribution in [1.29, 1.82) is 0 Å². The predicted molar refractivity (Wildman–Crippen MR) is 62.8 cm³/mol. The van der Waals surface area contributed by atoms with Crippen LogP contribution in [0.3, 0.4) is 0 Å². The van der Waals surface area contributed by atoms with Gasteiger partial charge in [0.25, 0.3) is 0 Å². The average Bonchev–Trinajstić information content (AvgIpc) is 2.78. The first-order valence-corrected chi connectivity index (χ1v) is 6.66. The van der Waals surface area contributed by atoms with Crippen LogP contribution in [0.2, 0.25) is 0 Å². The number of nitrogens with zero attached hydrogens (tertiary/aromatic N) is 1. The maximum absolute atomic E-state index is 9.15. The molecule has 0 spiro atoms. The number of aliphatic hydroxyl groups is 1. The summed E-state index contributed by atoms with van der Waals surface area (Å²) in [6, 6.07) is 0.752. The van der Waals surface area contributed by atoms with E-state index in [4.69, 9.17) is 5.11 Å². The van der Waals surface area contributed by atoms with E-state index in [-0.39, 0.29) is 0 Å². The van der Waals surface area contributed by atoms with Gasteiger partial charge in [-0.1, -0.05) is 19.3 Å². The first kappa shape index (κ1) is 11.4. The van der Waals surface area contributed by atoms with Gasteiger partial charge in [0.2, 0.25) is 0 Å². The Bertz CT molecular complexity index is 189. The Balaban J connectivity index is 1.82. The van der Waals surface area contributed by atoms with Crippen LogP contribution in [0.4, 0.5) is 0 Å². The maximum Gasteiger partial charge on any atom is 0.0471 e. The zero-order chi connectivity index (χ0) is 10.7. The Morgan fingerprint density at radius 2 is 1.93 bits per heavy atom. The number of likely N-dealkylation sites (tertiary alicyclic amines) is 1. The molecule has 0 bridgehead atoms. The molecule has 2 fully saturated rings. The van der Waals surface area contributed by atoms with Gasteiger partial charge in [0, 0.05) is 19.2 Å². The monoisotopic (exact) mass is 211 g/mol. The SMILES string of the molecule is CC(C1CCCCC1)N1CCC(CO)C1. The Labute approximate surface area is 93.7 Å². The highest BCUT2D eigenvalue weighted by Gasteiger charge is 2.30. The van der Waals surface area contributed by atoms with Crippen molar-refractivity contribution < 1.29 is 5.11 Å². The van der Waals surface area contributed by atoms with Gasteiger partial charge in [0.15, 0.2) is 0 Å². The second-order valence-electron chi connectivity index (χ2n) is 5.47. The van der Waals surface area contributed by atoms with Gasteiger partial charge in [-0.25, -0.2) is 0 Å². The summed E-state index contributed by atoms with van der Waals surface area (Å²) < 4.78 is 0. The third-order valence-corrected chi connectivity index (χ3v) is 4.48. The van der Waals surface area contributed by atoms with Crippen molar-refractivity contribution in [2.24, 2.45) is 11.8 Å². The zero-order valence-electron chi connectivity index (χ0n) is 9.99. The van der Waals surface area contributed by atoms with Crippen molar-refractivity contribution in [1.82, 2.24) is 4.90 Å². The van der Waals surface area contributed by atoms with Crippen molar-refractivity contribution in [3.63, 3.8) is 0 Å². The molecular formula is C13H25NO. The summed E-state index contributed by atoms with van der Waals surface area (Å²) in [5, 5.41) is 9.15. The van der Waals surface area contributed by atoms with Crippen molar-refractivity contribution in [2.45, 2.75) is 51.5 Å². The molecule has 1 saturated carbocycles. The highest BCUT2D eigenvalue weighted by molar-refractivity contribution is 4.84. The van der Waals surface area contributed by atoms with Crippen LogP contribution >= 0.6 is 0 Å². The molecule has 1 saturated heterocycles. The van der Waals surface area contributed by atoms with Crippen LogP contribution in [0.1, 0.15) is 45.4 Å². The summed E-state index contributed by atoms with van der Waals surface area (Å²) in [5.74, 6) is 1.48. The molecule has 0 aromatic rings. The van der Waals surface area contributed by atoms with Crippen LogP contribution in [0, 0.1) is 11.8 Å². The van der Waals surface area contributed by atoms with E-state index in [9.17, 15) is 0 Å². The number of rotatable bonds is 3. The van der Waals surface area contributed by atoms with E-state index >= 15 is 0 Å². The highest BCUT2D eigenvalue weighted by atomic mass is 16.3. The predicted octanol–water partition coefficient (Wildman–Crippen LogP) is 2.27. The normalized spacial score (nSPS) is 32.0. The smallest absolute Gasteiger partial charge is 0.0471 e. The molecule has 2 heteroatoms. The summed E-state index contributed by atoms with van der Waals surface area (Å²) in [6.45, 7) is 5.13. The number of hydrogen-bond donors (Lipinski definition) is 1. The lowest BCUT2D eigenvalue weighted by Gasteiger charge is -2.34. The molecule has 0 amide bonds. The minimum absolute atomic E-state index is 0.383. The summed E-state index contributed by atoms with van der Waals surface area (Å²) >= 11 is 0. The lowest BCUT2D eigenvalue weighted by molar-refractivity contribution is 0.143. The molecule has 2 aliphatic rings. The van der Waals surface area contributed by atoms with E-state index in [1.165, 1.54) is 45.1 Å². The van der Waals surface area contributed by atoms with E-state index in [1.807, 2.05) is 0 Å². The molecule has 1 N–H and O–H groups in total. The van der Waals surface area contributed by atoms with Gasteiger partial charge < -0.3 is 10.0 Å². The van der Waals surface area contributed by atoms with Gasteiger partial charge in [-0.2, -0.15) is 0 Å². The first-order valence-electron chi connectivity index (χ1n) is 6.66. The fourth-order valence-electron chi connectivity index (χ4n) is 3.30. The van der Waals surface area contributed by atoms with Gasteiger partial charge in [0.05, 0.1) is 0 Å². The largest absolute Gasteiger partial charge is 0.396 e. The molecule has 15 heavy (non-hydrogen) atoms. The van der Waals surface area contributed by atoms with E-state index < -0.39 is 0 Å². The second-order valence-corrected chi connectivity index (χ2v) is 5.47. The summed E-state index contributed by atoms with van der Waals surface area (Å²) in [6.07, 6.45) is 8.39. The van der Waals surface area contributed by atoms with Crippen LogP contribution in [0.5, 0.6) is 0 Å². The van der Waals surface area contributed by atoms with Crippen LogP contribution in [-0.4, -0.2) is 35.7 Å². The number of aliphatic hydroxyl groups excluding tert-OH is 1. The van der Waals surface area contributed by atoms with Gasteiger partial charge >= 0.3 is 0 Å².